The van der Waals surface area contributed by atoms with Crippen LogP contribution in [0.1, 0.15) is 66.7 Å². The number of hydrogen-bond donors (Lipinski definition) is 0. The zero-order chi connectivity index (χ0) is 10.8. The second-order valence-electron chi connectivity index (χ2n) is 6.04. The molecular weight excluding hydrogens is 168 g/mol. The fourth-order valence-corrected chi connectivity index (χ4v) is 2.83. The number of hydrogen-bond acceptors (Lipinski definition) is 0. The first-order valence-electron chi connectivity index (χ1n) is 6.51. The molecule has 84 valence electrons. The summed E-state index contributed by atoms with van der Waals surface area (Å²) < 4.78 is 0. The summed E-state index contributed by atoms with van der Waals surface area (Å²) in [7, 11) is 0. The molecule has 0 nitrogen and oxygen atoms in total. The maximum absolute atomic E-state index is 2.46. The van der Waals surface area contributed by atoms with Crippen molar-refractivity contribution in [1.29, 1.82) is 0 Å². The van der Waals surface area contributed by atoms with E-state index >= 15 is 0 Å². The average Bonchev–Trinajstić information content (AvgIpc) is 2.11. The van der Waals surface area contributed by atoms with Gasteiger partial charge in [-0.3, -0.25) is 0 Å². The van der Waals surface area contributed by atoms with E-state index in [1.807, 2.05) is 0 Å². The molecule has 1 aliphatic carbocycles. The summed E-state index contributed by atoms with van der Waals surface area (Å²) in [5.74, 6) is 3.00. The van der Waals surface area contributed by atoms with Crippen LogP contribution < -0.4 is 0 Å². The summed E-state index contributed by atoms with van der Waals surface area (Å²) in [6.07, 6.45) is 7.16. The Bertz CT molecular complexity index is 169. The van der Waals surface area contributed by atoms with Crippen LogP contribution in [-0.4, -0.2) is 0 Å². The van der Waals surface area contributed by atoms with E-state index in [0.717, 1.165) is 17.8 Å². The SMILES string of the molecule is CCC(C)CC1CCC1C(C)(C)CC. The first kappa shape index (κ1) is 12.1. The van der Waals surface area contributed by atoms with E-state index < -0.39 is 0 Å². The minimum Gasteiger partial charge on any atom is -0.0651 e. The molecule has 0 heteroatoms. The fraction of sp³-hybridized carbons (Fsp3) is 1.00. The monoisotopic (exact) mass is 196 g/mol. The third-order valence-electron chi connectivity index (χ3n) is 4.73. The highest BCUT2D eigenvalue weighted by molar-refractivity contribution is 4.90. The first-order valence-corrected chi connectivity index (χ1v) is 6.51. The van der Waals surface area contributed by atoms with Gasteiger partial charge in [0.25, 0.3) is 0 Å². The van der Waals surface area contributed by atoms with Gasteiger partial charge in [0.05, 0.1) is 0 Å². The van der Waals surface area contributed by atoms with Crippen LogP contribution in [0.15, 0.2) is 0 Å². The zero-order valence-corrected chi connectivity index (χ0v) is 10.8. The molecule has 3 atom stereocenters. The van der Waals surface area contributed by atoms with Gasteiger partial charge in [0.2, 0.25) is 0 Å². The Morgan fingerprint density at radius 3 is 2.21 bits per heavy atom. The Morgan fingerprint density at radius 1 is 1.21 bits per heavy atom. The number of rotatable bonds is 5. The van der Waals surface area contributed by atoms with E-state index in [2.05, 4.69) is 34.6 Å². The fourth-order valence-electron chi connectivity index (χ4n) is 2.83. The first-order chi connectivity index (χ1) is 6.51. The molecule has 0 spiro atoms. The molecular formula is C14H28. The van der Waals surface area contributed by atoms with Crippen LogP contribution in [0.2, 0.25) is 0 Å². The molecule has 0 heterocycles. The predicted molar refractivity (Wildman–Crippen MR) is 64.4 cm³/mol. The zero-order valence-electron chi connectivity index (χ0n) is 10.8. The molecule has 1 fully saturated rings. The van der Waals surface area contributed by atoms with Gasteiger partial charge >= 0.3 is 0 Å². The van der Waals surface area contributed by atoms with Crippen molar-refractivity contribution in [3.05, 3.63) is 0 Å². The minimum atomic E-state index is 0.594. The Morgan fingerprint density at radius 2 is 1.86 bits per heavy atom. The molecule has 1 rings (SSSR count). The quantitative estimate of drug-likeness (QED) is 0.587. The van der Waals surface area contributed by atoms with Crippen molar-refractivity contribution in [3.63, 3.8) is 0 Å². The molecule has 0 aromatic carbocycles. The van der Waals surface area contributed by atoms with Gasteiger partial charge in [-0.05, 0) is 42.4 Å². The second-order valence-corrected chi connectivity index (χ2v) is 6.04. The molecule has 0 aliphatic heterocycles. The molecule has 0 aromatic heterocycles. The predicted octanol–water partition coefficient (Wildman–Crippen LogP) is 4.89. The van der Waals surface area contributed by atoms with Crippen molar-refractivity contribution >= 4 is 0 Å². The van der Waals surface area contributed by atoms with Crippen molar-refractivity contribution in [1.82, 2.24) is 0 Å². The van der Waals surface area contributed by atoms with Gasteiger partial charge in [-0.15, -0.1) is 0 Å². The van der Waals surface area contributed by atoms with Gasteiger partial charge in [0, 0.05) is 0 Å². The van der Waals surface area contributed by atoms with E-state index in [4.69, 9.17) is 0 Å². The highest BCUT2D eigenvalue weighted by Gasteiger charge is 2.40. The van der Waals surface area contributed by atoms with E-state index in [1.165, 1.54) is 32.1 Å². The van der Waals surface area contributed by atoms with Crippen LogP contribution in [0.3, 0.4) is 0 Å². The Labute approximate surface area is 90.5 Å². The van der Waals surface area contributed by atoms with Gasteiger partial charge in [0.1, 0.15) is 0 Å². The van der Waals surface area contributed by atoms with Crippen molar-refractivity contribution in [2.75, 3.05) is 0 Å². The lowest BCUT2D eigenvalue weighted by atomic mass is 9.58. The Balaban J connectivity index is 2.42. The molecule has 0 saturated heterocycles. The molecule has 1 aliphatic rings. The lowest BCUT2D eigenvalue weighted by Crippen LogP contribution is -2.38. The molecule has 0 bridgehead atoms. The molecule has 3 unspecified atom stereocenters. The van der Waals surface area contributed by atoms with Crippen LogP contribution in [0, 0.1) is 23.2 Å². The van der Waals surface area contributed by atoms with Crippen molar-refractivity contribution < 1.29 is 0 Å². The third kappa shape index (κ3) is 2.52. The average molecular weight is 196 g/mol. The summed E-state index contributed by atoms with van der Waals surface area (Å²) >= 11 is 0. The standard InChI is InChI=1S/C14H28/c1-6-11(3)10-12-8-9-13(12)14(4,5)7-2/h11-13H,6-10H2,1-5H3. The smallest absolute Gasteiger partial charge is 0.0326 e. The molecule has 0 amide bonds. The van der Waals surface area contributed by atoms with Crippen molar-refractivity contribution in [2.45, 2.75) is 66.7 Å². The summed E-state index contributed by atoms with van der Waals surface area (Å²) in [6.45, 7) is 12.0. The molecule has 0 radical (unpaired) electrons. The van der Waals surface area contributed by atoms with Gasteiger partial charge in [-0.2, -0.15) is 0 Å². The summed E-state index contributed by atoms with van der Waals surface area (Å²) in [5, 5.41) is 0. The van der Waals surface area contributed by atoms with Crippen LogP contribution in [0.4, 0.5) is 0 Å². The van der Waals surface area contributed by atoms with Crippen molar-refractivity contribution in [2.24, 2.45) is 23.2 Å². The van der Waals surface area contributed by atoms with Crippen LogP contribution in [-0.2, 0) is 0 Å². The van der Waals surface area contributed by atoms with Gasteiger partial charge in [-0.25, -0.2) is 0 Å². The Kier molecular flexibility index (Phi) is 4.04. The maximum Gasteiger partial charge on any atom is -0.0326 e. The van der Waals surface area contributed by atoms with E-state index in [-0.39, 0.29) is 0 Å². The van der Waals surface area contributed by atoms with Gasteiger partial charge < -0.3 is 0 Å². The van der Waals surface area contributed by atoms with Crippen LogP contribution in [0.5, 0.6) is 0 Å². The highest BCUT2D eigenvalue weighted by atomic mass is 14.5. The van der Waals surface area contributed by atoms with E-state index in [9.17, 15) is 0 Å². The molecule has 14 heavy (non-hydrogen) atoms. The molecule has 0 N–H and O–H groups in total. The topological polar surface area (TPSA) is 0 Å². The lowest BCUT2D eigenvalue weighted by molar-refractivity contribution is 0.0255. The normalized spacial score (nSPS) is 29.8. The molecule has 1 saturated carbocycles. The Hall–Kier alpha value is 0. The van der Waals surface area contributed by atoms with Crippen LogP contribution >= 0.6 is 0 Å². The summed E-state index contributed by atoms with van der Waals surface area (Å²) in [5.41, 5.74) is 0.594. The lowest BCUT2D eigenvalue weighted by Gasteiger charge is -2.47. The minimum absolute atomic E-state index is 0.594. The van der Waals surface area contributed by atoms with Crippen LogP contribution in [0.25, 0.3) is 0 Å². The van der Waals surface area contributed by atoms with E-state index in [0.29, 0.717) is 5.41 Å². The maximum atomic E-state index is 2.46. The highest BCUT2D eigenvalue weighted by Crippen LogP contribution is 2.50. The largest absolute Gasteiger partial charge is 0.0651 e. The van der Waals surface area contributed by atoms with Crippen molar-refractivity contribution in [3.8, 4) is 0 Å². The summed E-state index contributed by atoms with van der Waals surface area (Å²) in [6, 6.07) is 0. The summed E-state index contributed by atoms with van der Waals surface area (Å²) in [4.78, 5) is 0. The third-order valence-corrected chi connectivity index (χ3v) is 4.73. The van der Waals surface area contributed by atoms with Gasteiger partial charge in [0.15, 0.2) is 0 Å². The van der Waals surface area contributed by atoms with E-state index in [1.54, 1.807) is 0 Å². The second kappa shape index (κ2) is 4.68. The molecule has 0 aromatic rings. The van der Waals surface area contributed by atoms with Gasteiger partial charge in [-0.1, -0.05) is 47.5 Å².